The molecule has 0 atom stereocenters. The monoisotopic (exact) mass is 822 g/mol. The molecule has 54 heavy (non-hydrogen) atoms. The van der Waals surface area contributed by atoms with Gasteiger partial charge in [-0.05, 0) is 103 Å². The fraction of sp³-hybridized carbons (Fsp3) is 0.676. The molecule has 1 aromatic heterocycles. The van der Waals surface area contributed by atoms with Gasteiger partial charge in [-0.2, -0.15) is 16.8 Å². The number of piperidine rings is 1. The Hall–Kier alpha value is -3.01. The van der Waals surface area contributed by atoms with E-state index in [2.05, 4.69) is 24.5 Å². The number of anilines is 1. The van der Waals surface area contributed by atoms with Crippen LogP contribution in [-0.4, -0.2) is 130 Å². The molecular formula is C34H55FN6O10S3. The van der Waals surface area contributed by atoms with E-state index in [4.69, 9.17) is 13.8 Å². The van der Waals surface area contributed by atoms with Crippen molar-refractivity contribution in [1.82, 2.24) is 24.5 Å². The summed E-state index contributed by atoms with van der Waals surface area (Å²) < 4.78 is 98.2. The van der Waals surface area contributed by atoms with Crippen molar-refractivity contribution in [2.75, 3.05) is 56.4 Å². The van der Waals surface area contributed by atoms with E-state index in [9.17, 15) is 34.4 Å². The normalized spacial score (nSPS) is 20.3. The number of rotatable bonds is 10. The zero-order valence-electron chi connectivity index (χ0n) is 32.0. The number of nitrogens with zero attached hydrogens (tertiary/aromatic N) is 5. The van der Waals surface area contributed by atoms with Crippen molar-refractivity contribution in [1.29, 1.82) is 0 Å². The molecule has 2 saturated heterocycles. The number of hydrogen-bond acceptors (Lipinski definition) is 12. The summed E-state index contributed by atoms with van der Waals surface area (Å²) in [5.74, 6) is 1.25. The Balaban J connectivity index is 0.000000695. The third kappa shape index (κ3) is 15.3. The summed E-state index contributed by atoms with van der Waals surface area (Å²) in [6, 6.07) is 4.00. The summed E-state index contributed by atoms with van der Waals surface area (Å²) in [6.45, 7) is 12.7. The van der Waals surface area contributed by atoms with E-state index in [-0.39, 0.29) is 40.8 Å². The highest BCUT2D eigenvalue weighted by molar-refractivity contribution is 7.88. The Labute approximate surface area is 319 Å². The lowest BCUT2D eigenvalue weighted by atomic mass is 9.71. The van der Waals surface area contributed by atoms with Gasteiger partial charge in [0.1, 0.15) is 17.9 Å². The third-order valence-electron chi connectivity index (χ3n) is 9.41. The van der Waals surface area contributed by atoms with Gasteiger partial charge in [0.05, 0.1) is 30.5 Å². The average molecular weight is 823 g/mol. The van der Waals surface area contributed by atoms with Crippen molar-refractivity contribution in [2.24, 2.45) is 11.3 Å². The van der Waals surface area contributed by atoms with Crippen LogP contribution in [0.5, 0.6) is 11.5 Å². The van der Waals surface area contributed by atoms with Crippen LogP contribution in [-0.2, 0) is 30.3 Å². The number of carbonyl (C=O) groups excluding carboxylic acids is 1. The second-order valence-electron chi connectivity index (χ2n) is 15.1. The minimum Gasteiger partial charge on any atom is -0.451 e. The minimum absolute atomic E-state index is 0.0582. The smallest absolute Gasteiger partial charge is 0.261 e. The molecule has 306 valence electrons. The van der Waals surface area contributed by atoms with Crippen molar-refractivity contribution >= 4 is 42.0 Å². The molecule has 1 aromatic carbocycles. The highest BCUT2D eigenvalue weighted by atomic mass is 32.2. The molecule has 2 aromatic rings. The molecule has 0 bridgehead atoms. The van der Waals surface area contributed by atoms with E-state index in [1.807, 2.05) is 27.7 Å². The fourth-order valence-corrected chi connectivity index (χ4v) is 8.11. The standard InChI is InChI=1S/C32H47FN6O4S.2CH4O3S/c1-22(2)39(23(3)4)31(40)27-16-25(33)8-11-28(27)43-29-17-34-21-35-30(29)38-19-32(20-38)12-14-37(15-13-32)18-24-6-9-26(10-7-24)36-44(5,41)42;2*1-5(2,3)4/h8,11,16-17,21-24,26,36H,6-7,9-10,12-15,18-20H2,1-5H3;2*1H3,(H,2,3,4)/t24-,26-;;. The lowest BCUT2D eigenvalue weighted by Crippen LogP contribution is -2.61. The molecular weight excluding hydrogens is 768 g/mol. The molecule has 1 spiro atoms. The first-order valence-electron chi connectivity index (χ1n) is 17.7. The van der Waals surface area contributed by atoms with Crippen LogP contribution in [0.4, 0.5) is 10.2 Å². The summed E-state index contributed by atoms with van der Waals surface area (Å²) in [7, 11) is -10.5. The van der Waals surface area contributed by atoms with Gasteiger partial charge in [0.2, 0.25) is 10.0 Å². The molecule has 3 fully saturated rings. The molecule has 16 nitrogen and oxygen atoms in total. The number of amides is 1. The van der Waals surface area contributed by atoms with E-state index in [1.54, 1.807) is 11.1 Å². The van der Waals surface area contributed by atoms with Crippen molar-refractivity contribution in [3.63, 3.8) is 0 Å². The van der Waals surface area contributed by atoms with Crippen molar-refractivity contribution < 1.29 is 48.3 Å². The maximum atomic E-state index is 14.3. The van der Waals surface area contributed by atoms with Gasteiger partial charge in [-0.25, -0.2) is 27.5 Å². The number of carbonyl (C=O) groups is 1. The van der Waals surface area contributed by atoms with Gasteiger partial charge in [-0.1, -0.05) is 0 Å². The van der Waals surface area contributed by atoms with E-state index < -0.39 is 36.1 Å². The maximum absolute atomic E-state index is 14.3. The molecule has 1 amide bonds. The van der Waals surface area contributed by atoms with Gasteiger partial charge < -0.3 is 19.4 Å². The molecule has 3 N–H and O–H groups in total. The molecule has 0 radical (unpaired) electrons. The van der Waals surface area contributed by atoms with Crippen LogP contribution in [0.1, 0.15) is 76.6 Å². The predicted molar refractivity (Wildman–Crippen MR) is 204 cm³/mol. The van der Waals surface area contributed by atoms with Crippen LogP contribution in [0.3, 0.4) is 0 Å². The third-order valence-corrected chi connectivity index (χ3v) is 10.2. The highest BCUT2D eigenvalue weighted by Gasteiger charge is 2.46. The second kappa shape index (κ2) is 18.8. The number of likely N-dealkylation sites (tertiary alicyclic amines) is 1. The van der Waals surface area contributed by atoms with Crippen LogP contribution >= 0.6 is 0 Å². The summed E-state index contributed by atoms with van der Waals surface area (Å²) in [4.78, 5) is 28.7. The number of nitrogens with one attached hydrogen (secondary N) is 1. The highest BCUT2D eigenvalue weighted by Crippen LogP contribution is 2.45. The molecule has 2 aliphatic heterocycles. The second-order valence-corrected chi connectivity index (χ2v) is 19.8. The fourth-order valence-electron chi connectivity index (χ4n) is 7.27. The Kier molecular flexibility index (Phi) is 15.8. The summed E-state index contributed by atoms with van der Waals surface area (Å²) in [5.41, 5.74) is 0.414. The maximum Gasteiger partial charge on any atom is 0.261 e. The van der Waals surface area contributed by atoms with Gasteiger partial charge in [0, 0.05) is 43.2 Å². The summed E-state index contributed by atoms with van der Waals surface area (Å²) in [5, 5.41) is 0. The number of halogens is 1. The molecule has 0 unspecified atom stereocenters. The van der Waals surface area contributed by atoms with Crippen molar-refractivity contribution in [3.05, 3.63) is 42.1 Å². The number of sulfonamides is 1. The zero-order valence-corrected chi connectivity index (χ0v) is 34.4. The van der Waals surface area contributed by atoms with Gasteiger partial charge in [-0.3, -0.25) is 13.9 Å². The lowest BCUT2D eigenvalue weighted by Gasteiger charge is -2.54. The SMILES string of the molecule is CC(C)N(C(=O)c1cc(F)ccc1Oc1cncnc1N1CC2(CCN(C[C@H]3CC[C@H](NS(C)(=O)=O)CC3)CC2)C1)C(C)C.CS(=O)(=O)O.CS(=O)(=O)O. The molecule has 1 saturated carbocycles. The number of hydrogen-bond donors (Lipinski definition) is 3. The number of ether oxygens (including phenoxy) is 1. The first kappa shape index (κ1) is 45.4. The average Bonchev–Trinajstić information content (AvgIpc) is 3.00. The topological polar surface area (TPSA) is 217 Å². The van der Waals surface area contributed by atoms with Crippen LogP contribution in [0.25, 0.3) is 0 Å². The van der Waals surface area contributed by atoms with Gasteiger partial charge in [0.25, 0.3) is 26.1 Å². The van der Waals surface area contributed by atoms with E-state index in [0.717, 1.165) is 71.2 Å². The summed E-state index contributed by atoms with van der Waals surface area (Å²) in [6.07, 6.45) is 12.0. The summed E-state index contributed by atoms with van der Waals surface area (Å²) >= 11 is 0. The van der Waals surface area contributed by atoms with Gasteiger partial charge in [0.15, 0.2) is 11.6 Å². The van der Waals surface area contributed by atoms with E-state index in [1.165, 1.54) is 30.8 Å². The molecule has 5 rings (SSSR count). The number of benzene rings is 1. The quantitative estimate of drug-likeness (QED) is 0.292. The Morgan fingerprint density at radius 3 is 1.98 bits per heavy atom. The van der Waals surface area contributed by atoms with E-state index in [0.29, 0.717) is 30.0 Å². The Morgan fingerprint density at radius 2 is 1.48 bits per heavy atom. The van der Waals surface area contributed by atoms with E-state index >= 15 is 0 Å². The molecule has 3 heterocycles. The minimum atomic E-state index is -3.67. The van der Waals surface area contributed by atoms with Crippen LogP contribution in [0.2, 0.25) is 0 Å². The molecule has 1 aliphatic carbocycles. The van der Waals surface area contributed by atoms with Crippen LogP contribution in [0.15, 0.2) is 30.7 Å². The Bertz CT molecular complexity index is 1840. The molecule has 20 heteroatoms. The number of aromatic nitrogens is 2. The predicted octanol–water partition coefficient (Wildman–Crippen LogP) is 3.69. The lowest BCUT2D eigenvalue weighted by molar-refractivity contribution is 0.0618. The van der Waals surface area contributed by atoms with Crippen molar-refractivity contribution in [2.45, 2.75) is 84.3 Å². The van der Waals surface area contributed by atoms with Gasteiger partial charge >= 0.3 is 0 Å². The van der Waals surface area contributed by atoms with Gasteiger partial charge in [-0.15, -0.1) is 0 Å². The van der Waals surface area contributed by atoms with Crippen LogP contribution < -0.4 is 14.4 Å². The van der Waals surface area contributed by atoms with Crippen molar-refractivity contribution in [3.8, 4) is 11.5 Å². The zero-order chi connectivity index (χ0) is 40.6. The first-order valence-corrected chi connectivity index (χ1v) is 23.3. The Morgan fingerprint density at radius 1 is 0.944 bits per heavy atom. The first-order chi connectivity index (χ1) is 24.8. The largest absolute Gasteiger partial charge is 0.451 e. The molecule has 3 aliphatic rings. The van der Waals surface area contributed by atoms with Crippen LogP contribution in [0, 0.1) is 17.2 Å².